The molecule has 0 spiro atoms. The summed E-state index contributed by atoms with van der Waals surface area (Å²) in [6.07, 6.45) is 0. The van der Waals surface area contributed by atoms with Crippen molar-refractivity contribution in [2.24, 2.45) is 0 Å². The summed E-state index contributed by atoms with van der Waals surface area (Å²) in [5.41, 5.74) is 0. The molecule has 0 bridgehead atoms. The predicted molar refractivity (Wildman–Crippen MR) is 29.2 cm³/mol. The molecule has 0 heterocycles. The standard InChI is InChI=1S/C2H6O.Fe.H3N.H2O4S/c1-2-3;;;1-5(2,3)4/h3H,2H2,1H3;;1H3;(H2,1,2,3,4)/p-1. The van der Waals surface area contributed by atoms with Crippen molar-refractivity contribution in [2.45, 2.75) is 6.92 Å². The first kappa shape index (κ1) is 22.4. The first-order valence-electron chi connectivity index (χ1n) is 1.69. The van der Waals surface area contributed by atoms with Crippen molar-refractivity contribution in [1.82, 2.24) is 6.15 Å². The molecular formula is C2H10FeNO5S-. The maximum Gasteiger partial charge on any atom is 0.0402 e. The van der Waals surface area contributed by atoms with Gasteiger partial charge in [-0.25, -0.2) is 0 Å². The molecule has 8 heteroatoms. The predicted octanol–water partition coefficient (Wildman–Crippen LogP) is -0.966. The molecule has 0 saturated carbocycles. The second-order valence-electron chi connectivity index (χ2n) is 0.724. The van der Waals surface area contributed by atoms with E-state index in [4.69, 9.17) is 22.6 Å². The minimum Gasteiger partial charge on any atom is -0.759 e. The third-order valence-corrected chi connectivity index (χ3v) is 0. The van der Waals surface area contributed by atoms with Gasteiger partial charge in [-0.3, -0.25) is 8.42 Å². The molecule has 0 aromatic rings. The van der Waals surface area contributed by atoms with Gasteiger partial charge < -0.3 is 20.4 Å². The second kappa shape index (κ2) is 12.0. The molecule has 0 aliphatic heterocycles. The van der Waals surface area contributed by atoms with Crippen molar-refractivity contribution in [3.63, 3.8) is 0 Å². The van der Waals surface area contributed by atoms with Crippen molar-refractivity contribution < 1.29 is 39.7 Å². The van der Waals surface area contributed by atoms with E-state index >= 15 is 0 Å². The summed E-state index contributed by atoms with van der Waals surface area (Å²) < 4.78 is 34.1. The monoisotopic (exact) mass is 216 g/mol. The molecule has 68 valence electrons. The molecular weight excluding hydrogens is 206 g/mol. The van der Waals surface area contributed by atoms with Crippen LogP contribution in [-0.4, -0.2) is 29.2 Å². The van der Waals surface area contributed by atoms with Gasteiger partial charge in [-0.1, -0.05) is 0 Å². The summed E-state index contributed by atoms with van der Waals surface area (Å²) in [6.45, 7) is 1.93. The maximum absolute atomic E-state index is 8.52. The van der Waals surface area contributed by atoms with Gasteiger partial charge in [0.2, 0.25) is 0 Å². The van der Waals surface area contributed by atoms with Crippen molar-refractivity contribution >= 4 is 10.4 Å². The minimum absolute atomic E-state index is 0. The number of aliphatic hydroxyl groups is 1. The molecule has 0 atom stereocenters. The van der Waals surface area contributed by atoms with E-state index in [2.05, 4.69) is 0 Å². The average Bonchev–Trinajstić information content (AvgIpc) is 1.27. The molecule has 0 aliphatic carbocycles. The fourth-order valence-electron chi connectivity index (χ4n) is 0. The number of quaternary nitrogens is 1. The van der Waals surface area contributed by atoms with Crippen molar-refractivity contribution in [1.29, 1.82) is 0 Å². The summed E-state index contributed by atoms with van der Waals surface area (Å²) in [5.74, 6) is 0. The number of aliphatic hydroxyl groups excluding tert-OH is 1. The quantitative estimate of drug-likeness (QED) is 0.305. The summed E-state index contributed by atoms with van der Waals surface area (Å²) in [5, 5.41) is 7.57. The Kier molecular flexibility index (Phi) is 27.0. The van der Waals surface area contributed by atoms with Crippen molar-refractivity contribution in [3.8, 4) is 0 Å². The normalized spacial score (nSPS) is 7.60. The molecule has 0 amide bonds. The molecule has 0 fully saturated rings. The van der Waals surface area contributed by atoms with Gasteiger partial charge in [0.25, 0.3) is 0 Å². The van der Waals surface area contributed by atoms with Crippen LogP contribution in [0, 0.1) is 0 Å². The van der Waals surface area contributed by atoms with Crippen LogP contribution in [0.4, 0.5) is 0 Å². The van der Waals surface area contributed by atoms with E-state index in [0.717, 1.165) is 0 Å². The van der Waals surface area contributed by atoms with Crippen LogP contribution in [0.3, 0.4) is 0 Å². The Labute approximate surface area is 70.3 Å². The Morgan fingerprint density at radius 3 is 1.40 bits per heavy atom. The topological polar surface area (TPSA) is 137 Å². The minimum atomic E-state index is -5.17. The van der Waals surface area contributed by atoms with E-state index in [1.807, 2.05) is 0 Å². The Hall–Kier alpha value is 0.309. The first-order valence-corrected chi connectivity index (χ1v) is 3.02. The van der Waals surface area contributed by atoms with Gasteiger partial charge in [0, 0.05) is 34.1 Å². The summed E-state index contributed by atoms with van der Waals surface area (Å²) in [4.78, 5) is 0. The van der Waals surface area contributed by atoms with Crippen molar-refractivity contribution in [2.75, 3.05) is 6.61 Å². The Bertz CT molecular complexity index is 114. The number of rotatable bonds is 0. The SMILES string of the molecule is CCO.O=S(=O)([O-])[O-].[Fe].[NH4+]. The van der Waals surface area contributed by atoms with Crippen LogP contribution in [0.5, 0.6) is 0 Å². The van der Waals surface area contributed by atoms with E-state index in [1.54, 1.807) is 6.92 Å². The third-order valence-electron chi connectivity index (χ3n) is 0. The molecule has 0 unspecified atom stereocenters. The van der Waals surface area contributed by atoms with Crippen LogP contribution >= 0.6 is 0 Å². The summed E-state index contributed by atoms with van der Waals surface area (Å²) in [6, 6.07) is 0. The molecule has 0 aromatic carbocycles. The van der Waals surface area contributed by atoms with Crippen LogP contribution in [0.25, 0.3) is 0 Å². The average molecular weight is 216 g/mol. The summed E-state index contributed by atoms with van der Waals surface area (Å²) >= 11 is 0. The fraction of sp³-hybridized carbons (Fsp3) is 1.00. The van der Waals surface area contributed by atoms with Crippen molar-refractivity contribution in [3.05, 3.63) is 0 Å². The van der Waals surface area contributed by atoms with Crippen LogP contribution in [0.2, 0.25) is 0 Å². The van der Waals surface area contributed by atoms with E-state index in [-0.39, 0.29) is 29.8 Å². The molecule has 6 nitrogen and oxygen atoms in total. The fourth-order valence-corrected chi connectivity index (χ4v) is 0. The molecule has 5 N–H and O–H groups in total. The number of hydrogen-bond donors (Lipinski definition) is 2. The molecule has 0 saturated heterocycles. The van der Waals surface area contributed by atoms with E-state index < -0.39 is 10.4 Å². The summed E-state index contributed by atoms with van der Waals surface area (Å²) in [7, 11) is -5.17. The van der Waals surface area contributed by atoms with Gasteiger partial charge in [0.05, 0.1) is 0 Å². The smallest absolute Gasteiger partial charge is 0.0402 e. The molecule has 10 heavy (non-hydrogen) atoms. The second-order valence-corrected chi connectivity index (χ2v) is 1.54. The first-order chi connectivity index (χ1) is 3.41. The van der Waals surface area contributed by atoms with E-state index in [0.29, 0.717) is 0 Å². The van der Waals surface area contributed by atoms with Crippen LogP contribution < -0.4 is 6.15 Å². The van der Waals surface area contributed by atoms with Crippen LogP contribution in [-0.2, 0) is 27.5 Å². The molecule has 0 rings (SSSR count). The zero-order chi connectivity index (χ0) is 7.21. The Balaban J connectivity index is -0.0000000326. The number of hydrogen-bond acceptors (Lipinski definition) is 5. The van der Waals surface area contributed by atoms with Gasteiger partial charge in [-0.05, 0) is 6.92 Å². The maximum atomic E-state index is 8.52. The van der Waals surface area contributed by atoms with Gasteiger partial charge in [0.15, 0.2) is 0 Å². The van der Waals surface area contributed by atoms with Crippen LogP contribution in [0.1, 0.15) is 6.92 Å². The van der Waals surface area contributed by atoms with Gasteiger partial charge in [-0.15, -0.1) is 0 Å². The largest absolute Gasteiger partial charge is 0.759 e. The zero-order valence-electron chi connectivity index (χ0n) is 5.55. The van der Waals surface area contributed by atoms with Gasteiger partial charge >= 0.3 is 0 Å². The third kappa shape index (κ3) is 4640. The molecule has 0 aromatic heterocycles. The van der Waals surface area contributed by atoms with Crippen LogP contribution in [0.15, 0.2) is 0 Å². The van der Waals surface area contributed by atoms with Gasteiger partial charge in [0.1, 0.15) is 0 Å². The molecule has 0 radical (unpaired) electrons. The molecule has 0 aliphatic rings. The van der Waals surface area contributed by atoms with Gasteiger partial charge in [-0.2, -0.15) is 0 Å². The van der Waals surface area contributed by atoms with E-state index in [9.17, 15) is 0 Å². The van der Waals surface area contributed by atoms with E-state index in [1.165, 1.54) is 0 Å². The Morgan fingerprint density at radius 2 is 1.40 bits per heavy atom. The Morgan fingerprint density at radius 1 is 1.40 bits per heavy atom. The zero-order valence-corrected chi connectivity index (χ0v) is 7.47.